The van der Waals surface area contributed by atoms with Gasteiger partial charge < -0.3 is 35.9 Å². The van der Waals surface area contributed by atoms with Crippen LogP contribution in [0.15, 0.2) is 29.6 Å². The molecule has 2 aliphatic rings. The zero-order valence-electron chi connectivity index (χ0n) is 17.7. The van der Waals surface area contributed by atoms with E-state index in [1.807, 2.05) is 0 Å². The molecule has 0 bridgehead atoms. The fourth-order valence-electron chi connectivity index (χ4n) is 3.83. The van der Waals surface area contributed by atoms with E-state index in [1.54, 1.807) is 18.2 Å². The van der Waals surface area contributed by atoms with E-state index in [9.17, 15) is 15.0 Å². The number of hydrazone groups is 1. The average Bonchev–Trinajstić information content (AvgIpc) is 3.53. The number of nitrogens with one attached hydrogen (secondary N) is 1. The van der Waals surface area contributed by atoms with Gasteiger partial charge in [0, 0.05) is 12.0 Å². The molecule has 34 heavy (non-hydrogen) atoms. The van der Waals surface area contributed by atoms with Crippen LogP contribution in [0.5, 0.6) is 11.5 Å². The molecule has 0 unspecified atom stereocenters. The molecular formula is C20H22N8O6. The second-order valence-corrected chi connectivity index (χ2v) is 7.64. The van der Waals surface area contributed by atoms with Crippen LogP contribution in [0.25, 0.3) is 11.2 Å². The quantitative estimate of drug-likeness (QED) is 0.211. The third-order valence-electron chi connectivity index (χ3n) is 5.46. The van der Waals surface area contributed by atoms with E-state index in [0.717, 1.165) is 0 Å². The maximum Gasteiger partial charge on any atom is 0.247 e. The molecule has 0 spiro atoms. The summed E-state index contributed by atoms with van der Waals surface area (Å²) >= 11 is 0. The Bertz CT molecular complexity index is 1260. The molecule has 0 radical (unpaired) electrons. The van der Waals surface area contributed by atoms with Gasteiger partial charge in [-0.1, -0.05) is 6.07 Å². The molecule has 5 rings (SSSR count). The van der Waals surface area contributed by atoms with Gasteiger partial charge in [0.15, 0.2) is 35.0 Å². The van der Waals surface area contributed by atoms with Crippen LogP contribution in [0.1, 0.15) is 18.2 Å². The molecule has 2 aromatic heterocycles. The van der Waals surface area contributed by atoms with Crippen LogP contribution >= 0.6 is 0 Å². The molecule has 14 heteroatoms. The number of rotatable bonds is 7. The summed E-state index contributed by atoms with van der Waals surface area (Å²) < 4.78 is 17.8. The summed E-state index contributed by atoms with van der Waals surface area (Å²) in [5.41, 5.74) is 15.3. The normalized spacial score (nSPS) is 23.7. The van der Waals surface area contributed by atoms with Crippen LogP contribution in [0.2, 0.25) is 0 Å². The van der Waals surface area contributed by atoms with Crippen LogP contribution in [0, 0.1) is 0 Å². The Hall–Kier alpha value is -3.85. The second-order valence-electron chi connectivity index (χ2n) is 7.64. The summed E-state index contributed by atoms with van der Waals surface area (Å²) in [6.07, 6.45) is -2.32. The molecule has 178 valence electrons. The number of nitrogens with two attached hydrogens (primary N) is 2. The predicted octanol–water partition coefficient (Wildman–Crippen LogP) is -0.880. The van der Waals surface area contributed by atoms with E-state index in [1.165, 1.54) is 17.1 Å². The SMILES string of the molecule is NCCC(=O)[C@H]1O[C@@H](n2cnc3c(N)nc(N/N=C/c4cccc5c4OCO5)nc32)[C@H](O)[C@@H]1O. The minimum Gasteiger partial charge on any atom is -0.454 e. The summed E-state index contributed by atoms with van der Waals surface area (Å²) in [6, 6.07) is 5.40. The van der Waals surface area contributed by atoms with Crippen LogP contribution in [-0.2, 0) is 9.53 Å². The zero-order chi connectivity index (χ0) is 23.8. The van der Waals surface area contributed by atoms with Gasteiger partial charge in [0.05, 0.1) is 12.5 Å². The lowest BCUT2D eigenvalue weighted by Crippen LogP contribution is -2.36. The van der Waals surface area contributed by atoms with Crippen molar-refractivity contribution in [2.75, 3.05) is 24.5 Å². The number of fused-ring (bicyclic) bond motifs is 2. The fraction of sp³-hybridized carbons (Fsp3) is 0.350. The summed E-state index contributed by atoms with van der Waals surface area (Å²) in [5.74, 6) is 0.898. The standard InChI is InChI=1S/C20H22N8O6/c21-5-4-10(29)16-13(30)14(31)19(34-16)28-7-23-12-17(22)25-20(26-18(12)28)27-24-6-9-2-1-3-11-15(9)33-8-32-11/h1-3,6-7,13-14,16,19,30-31H,4-5,8,21H2,(H3,22,25,26,27)/b24-6+/t13-,14+,16+,19+/m0/s1. The number of aliphatic hydroxyl groups excluding tert-OH is 2. The fourth-order valence-corrected chi connectivity index (χ4v) is 3.83. The van der Waals surface area contributed by atoms with Crippen LogP contribution in [-0.4, -0.2) is 73.4 Å². The molecule has 1 saturated heterocycles. The molecule has 7 N–H and O–H groups in total. The Balaban J connectivity index is 1.40. The number of hydrogen-bond donors (Lipinski definition) is 5. The molecule has 0 amide bonds. The first-order valence-corrected chi connectivity index (χ1v) is 10.4. The summed E-state index contributed by atoms with van der Waals surface area (Å²) in [4.78, 5) is 24.9. The number of nitrogens with zero attached hydrogens (tertiary/aromatic N) is 5. The number of ketones is 1. The van der Waals surface area contributed by atoms with Crippen molar-refractivity contribution in [3.63, 3.8) is 0 Å². The highest BCUT2D eigenvalue weighted by Crippen LogP contribution is 2.35. The number of hydrogen-bond acceptors (Lipinski definition) is 13. The second kappa shape index (κ2) is 8.83. The summed E-state index contributed by atoms with van der Waals surface area (Å²) in [7, 11) is 0. The minimum absolute atomic E-state index is 0.00875. The Morgan fingerprint density at radius 1 is 1.29 bits per heavy atom. The minimum atomic E-state index is -1.43. The molecule has 0 saturated carbocycles. The third-order valence-corrected chi connectivity index (χ3v) is 5.46. The van der Waals surface area contributed by atoms with Gasteiger partial charge >= 0.3 is 0 Å². The predicted molar refractivity (Wildman–Crippen MR) is 118 cm³/mol. The number of imidazole rings is 1. The van der Waals surface area contributed by atoms with Crippen LogP contribution < -0.4 is 26.4 Å². The molecule has 2 aliphatic heterocycles. The van der Waals surface area contributed by atoms with Gasteiger partial charge in [-0.05, 0) is 18.7 Å². The van der Waals surface area contributed by atoms with Crippen molar-refractivity contribution < 1.29 is 29.2 Å². The number of aromatic nitrogens is 4. The van der Waals surface area contributed by atoms with Gasteiger partial charge in [-0.25, -0.2) is 10.4 Å². The van der Waals surface area contributed by atoms with Crippen molar-refractivity contribution in [3.8, 4) is 11.5 Å². The number of para-hydroxylation sites is 1. The van der Waals surface area contributed by atoms with Gasteiger partial charge in [0.1, 0.15) is 23.8 Å². The highest BCUT2D eigenvalue weighted by molar-refractivity contribution is 5.86. The van der Waals surface area contributed by atoms with E-state index in [-0.39, 0.29) is 42.7 Å². The van der Waals surface area contributed by atoms with Crippen molar-refractivity contribution >= 4 is 34.9 Å². The van der Waals surface area contributed by atoms with Crippen molar-refractivity contribution in [3.05, 3.63) is 30.1 Å². The number of carbonyl (C=O) groups excluding carboxylic acids is 1. The molecular weight excluding hydrogens is 448 g/mol. The maximum absolute atomic E-state index is 12.2. The first-order chi connectivity index (χ1) is 16.5. The van der Waals surface area contributed by atoms with Gasteiger partial charge in [-0.15, -0.1) is 0 Å². The van der Waals surface area contributed by atoms with Crippen LogP contribution in [0.4, 0.5) is 11.8 Å². The maximum atomic E-state index is 12.2. The monoisotopic (exact) mass is 470 g/mol. The summed E-state index contributed by atoms with van der Waals surface area (Å²) in [5, 5.41) is 25.0. The van der Waals surface area contributed by atoms with E-state index in [0.29, 0.717) is 17.1 Å². The molecule has 14 nitrogen and oxygen atoms in total. The molecule has 4 heterocycles. The number of aliphatic hydroxyl groups is 2. The number of carbonyl (C=O) groups is 1. The number of ether oxygens (including phenoxy) is 3. The topological polar surface area (TPSA) is 205 Å². The lowest BCUT2D eigenvalue weighted by atomic mass is 10.0. The number of Topliss-reactive ketones (excluding diaryl/α,β-unsaturated/α-hetero) is 1. The number of benzene rings is 1. The molecule has 1 aromatic carbocycles. The third kappa shape index (κ3) is 3.77. The smallest absolute Gasteiger partial charge is 0.247 e. The molecule has 0 aliphatic carbocycles. The Labute approximate surface area is 192 Å². The van der Waals surface area contributed by atoms with Gasteiger partial charge in [-0.2, -0.15) is 15.1 Å². The Kier molecular flexibility index (Phi) is 5.70. The van der Waals surface area contributed by atoms with Crippen molar-refractivity contribution in [2.45, 2.75) is 31.0 Å². The molecule has 3 aromatic rings. The highest BCUT2D eigenvalue weighted by atomic mass is 16.7. The summed E-state index contributed by atoms with van der Waals surface area (Å²) in [6.45, 7) is 0.237. The Morgan fingerprint density at radius 2 is 2.15 bits per heavy atom. The first kappa shape index (κ1) is 22.0. The molecule has 4 atom stereocenters. The zero-order valence-corrected chi connectivity index (χ0v) is 17.7. The Morgan fingerprint density at radius 3 is 2.97 bits per heavy atom. The highest BCUT2D eigenvalue weighted by Gasteiger charge is 2.47. The van der Waals surface area contributed by atoms with Gasteiger partial charge in [0.2, 0.25) is 12.7 Å². The van der Waals surface area contributed by atoms with E-state index in [4.69, 9.17) is 25.7 Å². The van der Waals surface area contributed by atoms with Gasteiger partial charge in [-0.3, -0.25) is 9.36 Å². The average molecular weight is 470 g/mol. The number of anilines is 2. The van der Waals surface area contributed by atoms with Crippen molar-refractivity contribution in [2.24, 2.45) is 10.8 Å². The van der Waals surface area contributed by atoms with Crippen molar-refractivity contribution in [1.82, 2.24) is 19.5 Å². The largest absolute Gasteiger partial charge is 0.454 e. The van der Waals surface area contributed by atoms with E-state index in [2.05, 4.69) is 25.5 Å². The van der Waals surface area contributed by atoms with Crippen LogP contribution in [0.3, 0.4) is 0 Å². The van der Waals surface area contributed by atoms with Crippen molar-refractivity contribution in [1.29, 1.82) is 0 Å². The van der Waals surface area contributed by atoms with E-state index < -0.39 is 30.3 Å². The first-order valence-electron chi connectivity index (χ1n) is 10.4. The van der Waals surface area contributed by atoms with Gasteiger partial charge in [0.25, 0.3) is 0 Å². The van der Waals surface area contributed by atoms with E-state index >= 15 is 0 Å². The molecule has 1 fully saturated rings. The lowest BCUT2D eigenvalue weighted by molar-refractivity contribution is -0.135. The number of nitrogen functional groups attached to an aromatic ring is 1. The lowest BCUT2D eigenvalue weighted by Gasteiger charge is -2.16.